The molecule has 0 aliphatic carbocycles. The van der Waals surface area contributed by atoms with Gasteiger partial charge in [-0.05, 0) is 47.6 Å². The van der Waals surface area contributed by atoms with Crippen molar-refractivity contribution in [3.63, 3.8) is 0 Å². The minimum atomic E-state index is -0.894. The van der Waals surface area contributed by atoms with Gasteiger partial charge in [0.2, 0.25) is 5.76 Å². The third-order valence-electron chi connectivity index (χ3n) is 2.51. The van der Waals surface area contributed by atoms with E-state index < -0.39 is 33.8 Å². The van der Waals surface area contributed by atoms with Crippen LogP contribution in [0.2, 0.25) is 0 Å². The van der Waals surface area contributed by atoms with Crippen molar-refractivity contribution >= 4 is 17.6 Å². The van der Waals surface area contributed by atoms with Gasteiger partial charge >= 0.3 is 11.9 Å². The molecular formula is C18H23NO7. The normalized spacial score (nSPS) is 12.3. The summed E-state index contributed by atoms with van der Waals surface area (Å²) in [6, 6.07) is 5.22. The Balaban J connectivity index is 3.15. The van der Waals surface area contributed by atoms with E-state index >= 15 is 0 Å². The first kappa shape index (κ1) is 21.1. The summed E-state index contributed by atoms with van der Waals surface area (Å²) in [5, 5.41) is 10.9. The van der Waals surface area contributed by atoms with E-state index in [-0.39, 0.29) is 11.4 Å². The first-order chi connectivity index (χ1) is 11.8. The summed E-state index contributed by atoms with van der Waals surface area (Å²) in [5.74, 6) is -2.12. The maximum atomic E-state index is 12.3. The van der Waals surface area contributed by atoms with Crippen LogP contribution in [-0.2, 0) is 19.1 Å². The molecule has 0 aliphatic rings. The number of carbonyl (C=O) groups excluding carboxylic acids is 2. The van der Waals surface area contributed by atoms with Crippen molar-refractivity contribution in [3.05, 3.63) is 46.2 Å². The number of nitrogens with zero attached hydrogens (tertiary/aromatic N) is 1. The lowest BCUT2D eigenvalue weighted by atomic mass is 10.2. The topological polar surface area (TPSA) is 105 Å². The third kappa shape index (κ3) is 7.78. The predicted octanol–water partition coefficient (Wildman–Crippen LogP) is 3.54. The highest BCUT2D eigenvalue weighted by Crippen LogP contribution is 2.22. The number of nitro groups is 1. The molecule has 0 radical (unpaired) electrons. The van der Waals surface area contributed by atoms with E-state index in [1.54, 1.807) is 41.5 Å². The molecular weight excluding hydrogens is 342 g/mol. The van der Waals surface area contributed by atoms with Crippen LogP contribution in [0.4, 0.5) is 5.69 Å². The van der Waals surface area contributed by atoms with Gasteiger partial charge in [0, 0.05) is 6.07 Å². The Bertz CT molecular complexity index is 724. The maximum absolute atomic E-state index is 12.3. The second-order valence-electron chi connectivity index (χ2n) is 7.40. The molecule has 8 nitrogen and oxygen atoms in total. The van der Waals surface area contributed by atoms with Crippen LogP contribution in [0.3, 0.4) is 0 Å². The fraction of sp³-hybridized carbons (Fsp3) is 0.444. The molecule has 0 fully saturated rings. The van der Waals surface area contributed by atoms with Crippen LogP contribution in [0, 0.1) is 10.1 Å². The van der Waals surface area contributed by atoms with Crippen molar-refractivity contribution in [1.82, 2.24) is 0 Å². The first-order valence-electron chi connectivity index (χ1n) is 7.87. The molecule has 8 heteroatoms. The highest BCUT2D eigenvalue weighted by molar-refractivity contribution is 5.95. The monoisotopic (exact) mass is 365 g/mol. The summed E-state index contributed by atoms with van der Waals surface area (Å²) in [6.07, 6.45) is 0.859. The van der Waals surface area contributed by atoms with E-state index in [1.807, 2.05) is 0 Å². The lowest BCUT2D eigenvalue weighted by Gasteiger charge is -2.21. The molecule has 0 atom stereocenters. The molecule has 0 aromatic heterocycles. The largest absolute Gasteiger partial charge is 0.457 e. The van der Waals surface area contributed by atoms with Gasteiger partial charge in [0.1, 0.15) is 17.0 Å². The minimum Gasteiger partial charge on any atom is -0.457 e. The molecule has 0 saturated carbocycles. The molecule has 1 aromatic rings. The fourth-order valence-corrected chi connectivity index (χ4v) is 1.68. The first-order valence-corrected chi connectivity index (χ1v) is 7.87. The van der Waals surface area contributed by atoms with Crippen LogP contribution in [0.1, 0.15) is 41.5 Å². The Labute approximate surface area is 151 Å². The summed E-state index contributed by atoms with van der Waals surface area (Å²) in [6.45, 7) is 9.99. The van der Waals surface area contributed by atoms with E-state index in [2.05, 4.69) is 0 Å². The van der Waals surface area contributed by atoms with E-state index in [4.69, 9.17) is 14.2 Å². The smallest absolute Gasteiger partial charge is 0.375 e. The van der Waals surface area contributed by atoms with Gasteiger partial charge < -0.3 is 14.2 Å². The molecule has 26 heavy (non-hydrogen) atoms. The number of esters is 2. The molecule has 1 rings (SSSR count). The maximum Gasteiger partial charge on any atom is 0.375 e. The highest BCUT2D eigenvalue weighted by atomic mass is 16.6. The number of rotatable bonds is 5. The van der Waals surface area contributed by atoms with E-state index in [0.29, 0.717) is 0 Å². The number of carbonyl (C=O) groups is 2. The van der Waals surface area contributed by atoms with E-state index in [1.165, 1.54) is 18.2 Å². The second-order valence-corrected chi connectivity index (χ2v) is 7.40. The van der Waals surface area contributed by atoms with Gasteiger partial charge in [0.25, 0.3) is 5.69 Å². The van der Waals surface area contributed by atoms with Gasteiger partial charge in [-0.1, -0.05) is 6.07 Å². The number of non-ortho nitro benzene ring substituents is 1. The summed E-state index contributed by atoms with van der Waals surface area (Å²) in [5.41, 5.74) is -1.81. The van der Waals surface area contributed by atoms with Gasteiger partial charge in [-0.3, -0.25) is 10.1 Å². The zero-order valence-corrected chi connectivity index (χ0v) is 15.7. The standard InChI is InChI=1S/C18H23NO7/c1-17(2,3)25-15(20)11-14(16(21)26-18(4,5)6)24-13-9-7-8-12(10-13)19(22)23/h7-11H,1-6H3/b14-11+. The Morgan fingerprint density at radius 1 is 1.04 bits per heavy atom. The molecule has 0 bridgehead atoms. The molecule has 0 unspecified atom stereocenters. The number of hydrogen-bond donors (Lipinski definition) is 0. The predicted molar refractivity (Wildman–Crippen MR) is 93.5 cm³/mol. The number of ether oxygens (including phenoxy) is 3. The van der Waals surface area contributed by atoms with Crippen LogP contribution in [0.15, 0.2) is 36.1 Å². The molecule has 0 spiro atoms. The van der Waals surface area contributed by atoms with Crippen LogP contribution >= 0.6 is 0 Å². The summed E-state index contributed by atoms with van der Waals surface area (Å²) < 4.78 is 15.7. The zero-order chi connectivity index (χ0) is 20.1. The van der Waals surface area contributed by atoms with Crippen molar-refractivity contribution < 1.29 is 28.7 Å². The Kier molecular flexibility index (Phi) is 6.49. The Hall–Kier alpha value is -2.90. The van der Waals surface area contributed by atoms with Crippen LogP contribution in [-0.4, -0.2) is 28.1 Å². The minimum absolute atomic E-state index is 0.0138. The van der Waals surface area contributed by atoms with Gasteiger partial charge in [-0.2, -0.15) is 0 Å². The number of nitro benzene ring substituents is 1. The molecule has 142 valence electrons. The second kappa shape index (κ2) is 7.99. The number of hydrogen-bond acceptors (Lipinski definition) is 7. The van der Waals surface area contributed by atoms with Gasteiger partial charge in [-0.25, -0.2) is 9.59 Å². The highest BCUT2D eigenvalue weighted by Gasteiger charge is 2.25. The Morgan fingerprint density at radius 2 is 1.62 bits per heavy atom. The van der Waals surface area contributed by atoms with E-state index in [0.717, 1.165) is 12.1 Å². The van der Waals surface area contributed by atoms with Gasteiger partial charge in [-0.15, -0.1) is 0 Å². The molecule has 0 aliphatic heterocycles. The number of benzene rings is 1. The summed E-state index contributed by atoms with van der Waals surface area (Å²) in [7, 11) is 0. The van der Waals surface area contributed by atoms with Gasteiger partial charge in [0.05, 0.1) is 17.1 Å². The summed E-state index contributed by atoms with van der Waals surface area (Å²) >= 11 is 0. The van der Waals surface area contributed by atoms with Gasteiger partial charge in [0.15, 0.2) is 0 Å². The third-order valence-corrected chi connectivity index (χ3v) is 2.51. The Morgan fingerprint density at radius 3 is 2.12 bits per heavy atom. The van der Waals surface area contributed by atoms with Crippen molar-refractivity contribution in [3.8, 4) is 5.75 Å². The average molecular weight is 365 g/mol. The van der Waals surface area contributed by atoms with E-state index in [9.17, 15) is 19.7 Å². The molecule has 1 aromatic carbocycles. The SMILES string of the molecule is CC(C)(C)OC(=O)/C=C(/Oc1cccc([N+](=O)[O-])c1)C(=O)OC(C)(C)C. The van der Waals surface area contributed by atoms with Crippen LogP contribution in [0.25, 0.3) is 0 Å². The zero-order valence-electron chi connectivity index (χ0n) is 15.7. The quantitative estimate of drug-likeness (QED) is 0.258. The van der Waals surface area contributed by atoms with Crippen molar-refractivity contribution in [1.29, 1.82) is 0 Å². The lowest BCUT2D eigenvalue weighted by molar-refractivity contribution is -0.384. The van der Waals surface area contributed by atoms with Crippen molar-refractivity contribution in [2.75, 3.05) is 0 Å². The fourth-order valence-electron chi connectivity index (χ4n) is 1.68. The molecule has 0 heterocycles. The average Bonchev–Trinajstić information content (AvgIpc) is 2.43. The molecule has 0 N–H and O–H groups in total. The van der Waals surface area contributed by atoms with Crippen molar-refractivity contribution in [2.24, 2.45) is 0 Å². The molecule has 0 amide bonds. The molecule has 0 saturated heterocycles. The summed E-state index contributed by atoms with van der Waals surface area (Å²) in [4.78, 5) is 34.6. The lowest BCUT2D eigenvalue weighted by Crippen LogP contribution is -2.28. The van der Waals surface area contributed by atoms with Crippen molar-refractivity contribution in [2.45, 2.75) is 52.7 Å². The van der Waals surface area contributed by atoms with Crippen LogP contribution in [0.5, 0.6) is 5.75 Å². The van der Waals surface area contributed by atoms with Crippen LogP contribution < -0.4 is 4.74 Å².